The van der Waals surface area contributed by atoms with E-state index in [1.807, 2.05) is 0 Å². The first-order chi connectivity index (χ1) is 16.4. The molecule has 3 fully saturated rings. The van der Waals surface area contributed by atoms with E-state index >= 15 is 0 Å². The molecule has 34 heavy (non-hydrogen) atoms. The summed E-state index contributed by atoms with van der Waals surface area (Å²) in [5.41, 5.74) is 2.59. The van der Waals surface area contributed by atoms with Crippen LogP contribution in [0, 0.1) is 34.5 Å². The van der Waals surface area contributed by atoms with Crippen molar-refractivity contribution < 1.29 is 9.53 Å². The summed E-state index contributed by atoms with van der Waals surface area (Å²) in [7, 11) is 0. The van der Waals surface area contributed by atoms with E-state index < -0.39 is 0 Å². The molecule has 0 aromatic rings. The van der Waals surface area contributed by atoms with Crippen LogP contribution in [0.4, 0.5) is 0 Å². The van der Waals surface area contributed by atoms with Crippen molar-refractivity contribution in [2.75, 3.05) is 0 Å². The molecule has 194 valence electrons. The fourth-order valence-electron chi connectivity index (χ4n) is 9.05. The van der Waals surface area contributed by atoms with Gasteiger partial charge in [-0.2, -0.15) is 0 Å². The fraction of sp³-hybridized carbons (Fsp3) is 0.906. The zero-order valence-corrected chi connectivity index (χ0v) is 23.0. The van der Waals surface area contributed by atoms with Gasteiger partial charge in [-0.1, -0.05) is 84.3 Å². The largest absolute Gasteiger partial charge is 0.462 e. The molecule has 0 aromatic carbocycles. The highest BCUT2D eigenvalue weighted by molar-refractivity contribution is 5.69. The zero-order valence-electron chi connectivity index (χ0n) is 23.0. The van der Waals surface area contributed by atoms with Gasteiger partial charge in [0.05, 0.1) is 0 Å². The van der Waals surface area contributed by atoms with Gasteiger partial charge in [0.2, 0.25) is 0 Å². The lowest BCUT2D eigenvalue weighted by Crippen LogP contribution is -2.50. The van der Waals surface area contributed by atoms with Crippen LogP contribution in [0.3, 0.4) is 0 Å². The molecule has 0 amide bonds. The van der Waals surface area contributed by atoms with E-state index in [1.165, 1.54) is 83.5 Å². The van der Waals surface area contributed by atoms with Crippen LogP contribution in [0.5, 0.6) is 0 Å². The van der Waals surface area contributed by atoms with Crippen molar-refractivity contribution in [2.45, 2.75) is 149 Å². The summed E-state index contributed by atoms with van der Waals surface area (Å²) < 4.78 is 5.91. The first-order valence-corrected chi connectivity index (χ1v) is 15.3. The van der Waals surface area contributed by atoms with Crippen molar-refractivity contribution in [1.29, 1.82) is 0 Å². The molecule has 0 spiro atoms. The molecule has 2 nitrogen and oxygen atoms in total. The second kappa shape index (κ2) is 11.5. The second-order valence-electron chi connectivity index (χ2n) is 13.1. The summed E-state index contributed by atoms with van der Waals surface area (Å²) in [6, 6.07) is 0. The Bertz CT molecular complexity index is 710. The van der Waals surface area contributed by atoms with Gasteiger partial charge in [0.25, 0.3) is 0 Å². The third kappa shape index (κ3) is 5.31. The van der Waals surface area contributed by atoms with Gasteiger partial charge in [0, 0.05) is 12.8 Å². The van der Waals surface area contributed by atoms with Crippen LogP contribution in [0.25, 0.3) is 0 Å². The van der Waals surface area contributed by atoms with Crippen molar-refractivity contribution >= 4 is 5.97 Å². The summed E-state index contributed by atoms with van der Waals surface area (Å²) in [6.07, 6.45) is 25.9. The molecule has 0 N–H and O–H groups in total. The Morgan fingerprint density at radius 3 is 2.47 bits per heavy atom. The molecule has 0 unspecified atom stereocenters. The van der Waals surface area contributed by atoms with Crippen LogP contribution >= 0.6 is 0 Å². The van der Waals surface area contributed by atoms with Crippen molar-refractivity contribution in [3.8, 4) is 0 Å². The highest BCUT2D eigenvalue weighted by atomic mass is 16.5. The SMILES string of the molecule is CCCCCCCC[C@@H]1CC[C@@H]2[C@@H]3CC=C4C[C@@H](OC(=O)CCCC)CC[C@]4(C)[C@H]3CC[C@]12C. The maximum Gasteiger partial charge on any atom is 0.306 e. The Morgan fingerprint density at radius 2 is 1.68 bits per heavy atom. The number of carbonyl (C=O) groups excluding carboxylic acids is 1. The van der Waals surface area contributed by atoms with Crippen molar-refractivity contribution in [2.24, 2.45) is 34.5 Å². The second-order valence-corrected chi connectivity index (χ2v) is 13.1. The molecule has 4 aliphatic carbocycles. The van der Waals surface area contributed by atoms with Crippen LogP contribution in [0.15, 0.2) is 11.6 Å². The Labute approximate surface area is 211 Å². The lowest BCUT2D eigenvalue weighted by atomic mass is 9.47. The molecule has 0 bridgehead atoms. The Balaban J connectivity index is 1.35. The van der Waals surface area contributed by atoms with E-state index in [0.29, 0.717) is 17.3 Å². The van der Waals surface area contributed by atoms with Gasteiger partial charge >= 0.3 is 5.97 Å². The van der Waals surface area contributed by atoms with Gasteiger partial charge in [-0.3, -0.25) is 4.79 Å². The van der Waals surface area contributed by atoms with E-state index in [-0.39, 0.29) is 12.1 Å². The summed E-state index contributed by atoms with van der Waals surface area (Å²) in [6.45, 7) is 9.72. The number of unbranched alkanes of at least 4 members (excludes halogenated alkanes) is 6. The zero-order chi connectivity index (χ0) is 24.2. The third-order valence-electron chi connectivity index (χ3n) is 11.2. The number of carbonyl (C=O) groups is 1. The summed E-state index contributed by atoms with van der Waals surface area (Å²) in [5.74, 6) is 3.69. The molecule has 4 rings (SSSR count). The van der Waals surface area contributed by atoms with Crippen LogP contribution < -0.4 is 0 Å². The summed E-state index contributed by atoms with van der Waals surface area (Å²) >= 11 is 0. The van der Waals surface area contributed by atoms with E-state index in [4.69, 9.17) is 4.74 Å². The van der Waals surface area contributed by atoms with Crippen LogP contribution in [-0.4, -0.2) is 12.1 Å². The van der Waals surface area contributed by atoms with Gasteiger partial charge in [0.15, 0.2) is 0 Å². The molecule has 3 saturated carbocycles. The lowest BCUT2D eigenvalue weighted by molar-refractivity contribution is -0.151. The Kier molecular flexibility index (Phi) is 8.90. The lowest BCUT2D eigenvalue weighted by Gasteiger charge is -2.58. The standard InChI is InChI=1S/C32H54O2/c1-5-7-9-10-11-12-13-24-16-18-28-27-17-15-25-23-26(34-30(33)14-8-6-2)19-21-32(25,4)29(27)20-22-31(24,28)3/h15,24,26-29H,5-14,16-23H2,1-4H3/t24-,26+,27+,28-,29+,31-,32+/m1/s1. The first-order valence-electron chi connectivity index (χ1n) is 15.3. The minimum atomic E-state index is 0.0283. The number of hydrogen-bond acceptors (Lipinski definition) is 2. The van der Waals surface area contributed by atoms with E-state index in [1.54, 1.807) is 5.57 Å². The van der Waals surface area contributed by atoms with Crippen molar-refractivity contribution in [1.82, 2.24) is 0 Å². The van der Waals surface area contributed by atoms with E-state index in [9.17, 15) is 4.79 Å². The predicted octanol–water partition coefficient (Wildman–Crippen LogP) is 9.42. The topological polar surface area (TPSA) is 26.3 Å². The van der Waals surface area contributed by atoms with Crippen molar-refractivity contribution in [3.63, 3.8) is 0 Å². The molecule has 0 aromatic heterocycles. The number of fused-ring (bicyclic) bond motifs is 5. The molecular formula is C32H54O2. The van der Waals surface area contributed by atoms with Crippen LogP contribution in [-0.2, 0) is 9.53 Å². The summed E-state index contributed by atoms with van der Waals surface area (Å²) in [4.78, 5) is 12.2. The van der Waals surface area contributed by atoms with E-state index in [0.717, 1.165) is 49.4 Å². The number of allylic oxidation sites excluding steroid dienone is 1. The molecule has 7 atom stereocenters. The van der Waals surface area contributed by atoms with Gasteiger partial charge in [-0.25, -0.2) is 0 Å². The third-order valence-corrected chi connectivity index (χ3v) is 11.2. The van der Waals surface area contributed by atoms with Gasteiger partial charge < -0.3 is 4.74 Å². The highest BCUT2D eigenvalue weighted by Crippen LogP contribution is 2.66. The molecule has 4 aliphatic rings. The fourth-order valence-corrected chi connectivity index (χ4v) is 9.05. The van der Waals surface area contributed by atoms with Gasteiger partial charge in [0.1, 0.15) is 6.10 Å². The average Bonchev–Trinajstić information content (AvgIpc) is 3.16. The minimum Gasteiger partial charge on any atom is -0.462 e. The number of esters is 1. The average molecular weight is 471 g/mol. The highest BCUT2D eigenvalue weighted by Gasteiger charge is 2.58. The minimum absolute atomic E-state index is 0.0283. The molecule has 2 heteroatoms. The molecule has 0 saturated heterocycles. The summed E-state index contributed by atoms with van der Waals surface area (Å²) in [5, 5.41) is 0. The number of rotatable bonds is 11. The van der Waals surface area contributed by atoms with Crippen molar-refractivity contribution in [3.05, 3.63) is 11.6 Å². The molecule has 0 aliphatic heterocycles. The maximum atomic E-state index is 12.2. The van der Waals surface area contributed by atoms with Crippen LogP contribution in [0.2, 0.25) is 0 Å². The Morgan fingerprint density at radius 1 is 0.912 bits per heavy atom. The first kappa shape index (κ1) is 26.3. The van der Waals surface area contributed by atoms with E-state index in [2.05, 4.69) is 33.8 Å². The normalized spacial score (nSPS) is 39.1. The maximum absolute atomic E-state index is 12.2. The van der Waals surface area contributed by atoms with Gasteiger partial charge in [-0.15, -0.1) is 0 Å². The molecule has 0 radical (unpaired) electrons. The Hall–Kier alpha value is -0.790. The molecule has 0 heterocycles. The molecular weight excluding hydrogens is 416 g/mol. The quantitative estimate of drug-likeness (QED) is 0.171. The smallest absolute Gasteiger partial charge is 0.306 e. The van der Waals surface area contributed by atoms with Gasteiger partial charge in [-0.05, 0) is 92.3 Å². The van der Waals surface area contributed by atoms with Crippen LogP contribution in [0.1, 0.15) is 143 Å². The predicted molar refractivity (Wildman–Crippen MR) is 143 cm³/mol. The monoisotopic (exact) mass is 470 g/mol. The number of hydrogen-bond donors (Lipinski definition) is 0. The number of ether oxygens (including phenoxy) is 1.